The van der Waals surface area contributed by atoms with E-state index >= 15 is 0 Å². The highest BCUT2D eigenvalue weighted by molar-refractivity contribution is 7.89. The molecule has 0 saturated carbocycles. The maximum Gasteiger partial charge on any atom is 0.276 e. The fourth-order valence-electron chi connectivity index (χ4n) is 1.74. The fourth-order valence-corrected chi connectivity index (χ4v) is 2.66. The number of hydrazone groups is 1. The van der Waals surface area contributed by atoms with E-state index in [0.29, 0.717) is 5.02 Å². The van der Waals surface area contributed by atoms with Gasteiger partial charge in [0.1, 0.15) is 0 Å². The third-order valence-electron chi connectivity index (χ3n) is 2.94. The van der Waals surface area contributed by atoms with Crippen LogP contribution in [0.3, 0.4) is 0 Å². The standard InChI is InChI=1S/C13H15ClN4O2S/c1-3-18-10(2)11(9-16-18)8-15-17-21(19,20)13-6-4-12(14)5-7-13/h4-9,17H,3H2,1-2H3/b15-8-. The largest absolute Gasteiger partial charge is 0.276 e. The molecule has 0 saturated heterocycles. The first-order valence-corrected chi connectivity index (χ1v) is 8.13. The Bertz CT molecular complexity index is 751. The summed E-state index contributed by atoms with van der Waals surface area (Å²) in [6, 6.07) is 5.85. The van der Waals surface area contributed by atoms with Gasteiger partial charge < -0.3 is 0 Å². The molecule has 0 unspecified atom stereocenters. The van der Waals surface area contributed by atoms with Gasteiger partial charge in [0.15, 0.2) is 0 Å². The molecule has 112 valence electrons. The van der Waals surface area contributed by atoms with E-state index in [1.54, 1.807) is 10.9 Å². The summed E-state index contributed by atoms with van der Waals surface area (Å²) in [5, 5.41) is 8.39. The van der Waals surface area contributed by atoms with Crippen molar-refractivity contribution in [3.8, 4) is 0 Å². The van der Waals surface area contributed by atoms with E-state index in [1.165, 1.54) is 30.5 Å². The third kappa shape index (κ3) is 3.62. The minimum atomic E-state index is -3.69. The van der Waals surface area contributed by atoms with Crippen molar-refractivity contribution in [1.82, 2.24) is 14.6 Å². The van der Waals surface area contributed by atoms with Gasteiger partial charge in [-0.3, -0.25) is 4.68 Å². The lowest BCUT2D eigenvalue weighted by Gasteiger charge is -2.03. The van der Waals surface area contributed by atoms with Crippen LogP contribution in [-0.2, 0) is 16.6 Å². The molecule has 0 atom stereocenters. The van der Waals surface area contributed by atoms with Crippen LogP contribution in [0.15, 0.2) is 40.5 Å². The summed E-state index contributed by atoms with van der Waals surface area (Å²) in [6.45, 7) is 4.62. The summed E-state index contributed by atoms with van der Waals surface area (Å²) < 4.78 is 25.8. The Morgan fingerprint density at radius 2 is 2.05 bits per heavy atom. The molecule has 1 N–H and O–H groups in total. The molecule has 6 nitrogen and oxygen atoms in total. The van der Waals surface area contributed by atoms with E-state index in [2.05, 4.69) is 15.0 Å². The van der Waals surface area contributed by atoms with Crippen LogP contribution in [0.4, 0.5) is 0 Å². The molecule has 2 rings (SSSR count). The van der Waals surface area contributed by atoms with Crippen molar-refractivity contribution in [2.24, 2.45) is 5.10 Å². The number of hydrogen-bond donors (Lipinski definition) is 1. The van der Waals surface area contributed by atoms with E-state index in [0.717, 1.165) is 17.8 Å². The maximum absolute atomic E-state index is 12.0. The average Bonchev–Trinajstić information content (AvgIpc) is 2.80. The van der Waals surface area contributed by atoms with Gasteiger partial charge in [-0.1, -0.05) is 11.6 Å². The van der Waals surface area contributed by atoms with Crippen molar-refractivity contribution >= 4 is 27.8 Å². The lowest BCUT2D eigenvalue weighted by molar-refractivity contribution is 0.584. The van der Waals surface area contributed by atoms with Crippen molar-refractivity contribution in [2.75, 3.05) is 0 Å². The van der Waals surface area contributed by atoms with Gasteiger partial charge in [-0.15, -0.1) is 0 Å². The number of benzene rings is 1. The molecule has 8 heteroatoms. The molecule has 1 heterocycles. The number of sulfonamides is 1. The number of rotatable bonds is 5. The first kappa shape index (κ1) is 15.5. The lowest BCUT2D eigenvalue weighted by atomic mass is 10.3. The average molecular weight is 327 g/mol. The summed E-state index contributed by atoms with van der Waals surface area (Å²) in [6.07, 6.45) is 3.07. The monoisotopic (exact) mass is 326 g/mol. The Morgan fingerprint density at radius 1 is 1.38 bits per heavy atom. The molecule has 0 bridgehead atoms. The summed E-state index contributed by atoms with van der Waals surface area (Å²) in [5.74, 6) is 0. The predicted octanol–water partition coefficient (Wildman–Crippen LogP) is 2.18. The number of hydrogen-bond acceptors (Lipinski definition) is 4. The number of halogens is 1. The molecule has 0 radical (unpaired) electrons. The lowest BCUT2D eigenvalue weighted by Crippen LogP contribution is -2.18. The molecule has 0 fully saturated rings. The first-order chi connectivity index (χ1) is 9.94. The normalized spacial score (nSPS) is 12.0. The van der Waals surface area contributed by atoms with E-state index in [9.17, 15) is 8.42 Å². The van der Waals surface area contributed by atoms with Crippen molar-refractivity contribution in [3.05, 3.63) is 46.7 Å². The van der Waals surface area contributed by atoms with Crippen molar-refractivity contribution in [1.29, 1.82) is 0 Å². The first-order valence-electron chi connectivity index (χ1n) is 6.27. The van der Waals surface area contributed by atoms with Crippen molar-refractivity contribution in [3.63, 3.8) is 0 Å². The topological polar surface area (TPSA) is 76.3 Å². The predicted molar refractivity (Wildman–Crippen MR) is 82.0 cm³/mol. The Labute approximate surface area is 128 Å². The molecule has 1 aromatic heterocycles. The van der Waals surface area contributed by atoms with Gasteiger partial charge in [0.25, 0.3) is 10.0 Å². The minimum Gasteiger partial charge on any atom is -0.269 e. The van der Waals surface area contributed by atoms with E-state index in [-0.39, 0.29) is 4.90 Å². The molecule has 21 heavy (non-hydrogen) atoms. The van der Waals surface area contributed by atoms with Gasteiger partial charge >= 0.3 is 0 Å². The maximum atomic E-state index is 12.0. The van der Waals surface area contributed by atoms with Gasteiger partial charge in [0.2, 0.25) is 0 Å². The highest BCUT2D eigenvalue weighted by Crippen LogP contribution is 2.13. The second-order valence-electron chi connectivity index (χ2n) is 4.31. The Balaban J connectivity index is 2.12. The van der Waals surface area contributed by atoms with Crippen LogP contribution < -0.4 is 4.83 Å². The molecular weight excluding hydrogens is 312 g/mol. The molecule has 0 aliphatic carbocycles. The van der Waals surface area contributed by atoms with E-state index in [1.807, 2.05) is 13.8 Å². The van der Waals surface area contributed by atoms with Gasteiger partial charge in [-0.05, 0) is 38.1 Å². The Kier molecular flexibility index (Phi) is 4.64. The molecule has 0 amide bonds. The van der Waals surface area contributed by atoms with E-state index in [4.69, 9.17) is 11.6 Å². The zero-order valence-corrected chi connectivity index (χ0v) is 13.2. The van der Waals surface area contributed by atoms with Crippen LogP contribution in [0.2, 0.25) is 5.02 Å². The SMILES string of the molecule is CCn1ncc(/C=N\NS(=O)(=O)c2ccc(Cl)cc2)c1C. The van der Waals surface area contributed by atoms with Crippen LogP contribution in [0, 0.1) is 6.92 Å². The van der Waals surface area contributed by atoms with Crippen LogP contribution >= 0.6 is 11.6 Å². The highest BCUT2D eigenvalue weighted by Gasteiger charge is 2.12. The van der Waals surface area contributed by atoms with Crippen LogP contribution in [-0.4, -0.2) is 24.4 Å². The summed E-state index contributed by atoms with van der Waals surface area (Å²) in [5.41, 5.74) is 1.68. The summed E-state index contributed by atoms with van der Waals surface area (Å²) in [4.78, 5) is 2.26. The third-order valence-corrected chi connectivity index (χ3v) is 4.43. The quantitative estimate of drug-likeness (QED) is 0.676. The second kappa shape index (κ2) is 6.28. The van der Waals surface area contributed by atoms with Crippen molar-refractivity contribution < 1.29 is 8.42 Å². The minimum absolute atomic E-state index is 0.102. The number of aryl methyl sites for hydroxylation is 1. The molecule has 1 aromatic carbocycles. The zero-order chi connectivity index (χ0) is 15.5. The van der Waals surface area contributed by atoms with Crippen LogP contribution in [0.25, 0.3) is 0 Å². The Morgan fingerprint density at radius 3 is 2.62 bits per heavy atom. The van der Waals surface area contributed by atoms with Crippen molar-refractivity contribution in [2.45, 2.75) is 25.3 Å². The number of aromatic nitrogens is 2. The number of nitrogens with zero attached hydrogens (tertiary/aromatic N) is 3. The second-order valence-corrected chi connectivity index (χ2v) is 6.41. The van der Waals surface area contributed by atoms with Gasteiger partial charge in [0, 0.05) is 22.8 Å². The smallest absolute Gasteiger partial charge is 0.269 e. The molecule has 0 aliphatic rings. The highest BCUT2D eigenvalue weighted by atomic mass is 35.5. The van der Waals surface area contributed by atoms with Gasteiger partial charge in [-0.2, -0.15) is 18.6 Å². The van der Waals surface area contributed by atoms with Gasteiger partial charge in [-0.25, -0.2) is 4.83 Å². The molecule has 0 aliphatic heterocycles. The van der Waals surface area contributed by atoms with E-state index < -0.39 is 10.0 Å². The number of nitrogens with one attached hydrogen (secondary N) is 1. The molecule has 2 aromatic rings. The fraction of sp³-hybridized carbons (Fsp3) is 0.231. The zero-order valence-electron chi connectivity index (χ0n) is 11.6. The Hall–Kier alpha value is -1.86. The summed E-state index contributed by atoms with van der Waals surface area (Å²) in [7, 11) is -3.69. The molecular formula is C13H15ClN4O2S. The van der Waals surface area contributed by atoms with Crippen LogP contribution in [0.5, 0.6) is 0 Å². The van der Waals surface area contributed by atoms with Crippen LogP contribution in [0.1, 0.15) is 18.2 Å². The molecule has 0 spiro atoms. The summed E-state index contributed by atoms with van der Waals surface area (Å²) >= 11 is 5.73. The van der Waals surface area contributed by atoms with Gasteiger partial charge in [0.05, 0.1) is 17.3 Å².